The quantitative estimate of drug-likeness (QED) is 0.335. The lowest BCUT2D eigenvalue weighted by atomic mass is 9.81. The van der Waals surface area contributed by atoms with Crippen LogP contribution in [0, 0.1) is 28.6 Å². The number of amides is 2. The molecule has 0 spiro atoms. The van der Waals surface area contributed by atoms with Crippen LogP contribution in [0.25, 0.3) is 0 Å². The average molecular weight is 569 g/mol. The highest BCUT2D eigenvalue weighted by molar-refractivity contribution is 5.96. The standard InChI is InChI=1S/C34H52N2O5/c1-22(2)18-25(21-29(38)27-16-13-17-36(27)32(41)34(7,8)9)31(40)35-26(20-24-14-11-10-12-15-24)28(37)19-23(3)30(39)33(4,5)6/h10-12,14-15,22-23,25-27H,13,16-21H2,1-9H3,(H,35,40)/t23-,25-,26+,27+/m1/s1. The molecule has 1 aliphatic rings. The molecule has 2 amide bonds. The monoisotopic (exact) mass is 568 g/mol. The minimum Gasteiger partial charge on any atom is -0.346 e. The van der Waals surface area contributed by atoms with Gasteiger partial charge >= 0.3 is 0 Å². The molecule has 1 fully saturated rings. The molecule has 1 aromatic carbocycles. The van der Waals surface area contributed by atoms with Gasteiger partial charge in [-0.2, -0.15) is 0 Å². The van der Waals surface area contributed by atoms with E-state index in [9.17, 15) is 24.0 Å². The van der Waals surface area contributed by atoms with Crippen molar-refractivity contribution in [2.45, 2.75) is 113 Å². The molecule has 1 heterocycles. The molecule has 0 aliphatic carbocycles. The molecule has 228 valence electrons. The number of likely N-dealkylation sites (tertiary alicyclic amines) is 1. The third-order valence-corrected chi connectivity index (χ3v) is 7.78. The molecule has 1 aromatic rings. The molecule has 0 aromatic heterocycles. The van der Waals surface area contributed by atoms with Crippen LogP contribution in [0.4, 0.5) is 0 Å². The lowest BCUT2D eigenvalue weighted by molar-refractivity contribution is -0.144. The summed E-state index contributed by atoms with van der Waals surface area (Å²) in [5.41, 5.74) is -0.253. The van der Waals surface area contributed by atoms with E-state index in [-0.39, 0.29) is 47.9 Å². The maximum Gasteiger partial charge on any atom is 0.228 e. The second-order valence-corrected chi connectivity index (χ2v) is 14.3. The Balaban J connectivity index is 2.25. The molecular formula is C34H52N2O5. The maximum atomic E-state index is 13.7. The fourth-order valence-electron chi connectivity index (χ4n) is 5.67. The van der Waals surface area contributed by atoms with Crippen molar-refractivity contribution in [3.63, 3.8) is 0 Å². The smallest absolute Gasteiger partial charge is 0.228 e. The van der Waals surface area contributed by atoms with Crippen molar-refractivity contribution in [1.82, 2.24) is 10.2 Å². The first-order chi connectivity index (χ1) is 18.9. The first-order valence-electron chi connectivity index (χ1n) is 15.2. The number of ketones is 3. The number of Topliss-reactive ketones (excluding diaryl/α,β-unsaturated/α-hetero) is 3. The molecule has 41 heavy (non-hydrogen) atoms. The van der Waals surface area contributed by atoms with E-state index in [0.29, 0.717) is 25.8 Å². The molecule has 0 unspecified atom stereocenters. The third-order valence-electron chi connectivity index (χ3n) is 7.78. The Kier molecular flexibility index (Phi) is 12.0. The molecule has 1 N–H and O–H groups in total. The zero-order chi connectivity index (χ0) is 31.1. The topological polar surface area (TPSA) is 101 Å². The van der Waals surface area contributed by atoms with Crippen molar-refractivity contribution in [1.29, 1.82) is 0 Å². The number of benzene rings is 1. The number of rotatable bonds is 13. The lowest BCUT2D eigenvalue weighted by Gasteiger charge is -2.31. The van der Waals surface area contributed by atoms with Crippen LogP contribution in [-0.2, 0) is 30.4 Å². The van der Waals surface area contributed by atoms with Gasteiger partial charge in [-0.05, 0) is 37.2 Å². The Morgan fingerprint density at radius 3 is 2.05 bits per heavy atom. The Labute approximate surface area is 247 Å². The highest BCUT2D eigenvalue weighted by Gasteiger charge is 2.40. The molecular weight excluding hydrogens is 516 g/mol. The van der Waals surface area contributed by atoms with Crippen LogP contribution in [0.3, 0.4) is 0 Å². The van der Waals surface area contributed by atoms with Crippen LogP contribution in [0.5, 0.6) is 0 Å². The van der Waals surface area contributed by atoms with Crippen LogP contribution < -0.4 is 5.32 Å². The van der Waals surface area contributed by atoms with Crippen LogP contribution in [-0.4, -0.2) is 52.7 Å². The van der Waals surface area contributed by atoms with E-state index in [0.717, 1.165) is 12.0 Å². The average Bonchev–Trinajstić information content (AvgIpc) is 3.36. The molecule has 1 aliphatic heterocycles. The predicted octanol–water partition coefficient (Wildman–Crippen LogP) is 5.58. The second kappa shape index (κ2) is 14.4. The SMILES string of the molecule is CC(C)C[C@H](CC(=O)[C@@H]1CCCN1C(=O)C(C)(C)C)C(=O)N[C@@H](Cc1ccccc1)C(=O)C[C@@H](C)C(=O)C(C)(C)C. The summed E-state index contributed by atoms with van der Waals surface area (Å²) in [6.07, 6.45) is 2.22. The van der Waals surface area contributed by atoms with Crippen molar-refractivity contribution in [2.24, 2.45) is 28.6 Å². The fraction of sp³-hybridized carbons (Fsp3) is 0.676. The van der Waals surface area contributed by atoms with Crippen LogP contribution in [0.15, 0.2) is 30.3 Å². The van der Waals surface area contributed by atoms with Gasteiger partial charge in [-0.1, -0.05) is 92.6 Å². The number of nitrogens with zero attached hydrogens (tertiary/aromatic N) is 1. The van der Waals surface area contributed by atoms with E-state index >= 15 is 0 Å². The Hall–Kier alpha value is -2.83. The number of carbonyl (C=O) groups is 5. The van der Waals surface area contributed by atoms with Gasteiger partial charge in [0.1, 0.15) is 5.78 Å². The molecule has 2 rings (SSSR count). The van der Waals surface area contributed by atoms with Gasteiger partial charge in [0.2, 0.25) is 11.8 Å². The summed E-state index contributed by atoms with van der Waals surface area (Å²) in [6, 6.07) is 8.15. The van der Waals surface area contributed by atoms with Crippen LogP contribution >= 0.6 is 0 Å². The normalized spacial score (nSPS) is 18.1. The predicted molar refractivity (Wildman–Crippen MR) is 162 cm³/mol. The van der Waals surface area contributed by atoms with Gasteiger partial charge in [-0.25, -0.2) is 0 Å². The summed E-state index contributed by atoms with van der Waals surface area (Å²) in [6.45, 7) is 17.4. The summed E-state index contributed by atoms with van der Waals surface area (Å²) in [5, 5.41) is 2.98. The number of nitrogens with one attached hydrogen (secondary N) is 1. The zero-order valence-corrected chi connectivity index (χ0v) is 26.7. The molecule has 1 saturated heterocycles. The molecule has 0 saturated carbocycles. The number of carbonyl (C=O) groups excluding carboxylic acids is 5. The van der Waals surface area contributed by atoms with E-state index in [1.165, 1.54) is 0 Å². The molecule has 4 atom stereocenters. The lowest BCUT2D eigenvalue weighted by Crippen LogP contribution is -2.48. The summed E-state index contributed by atoms with van der Waals surface area (Å²) >= 11 is 0. The summed E-state index contributed by atoms with van der Waals surface area (Å²) < 4.78 is 0. The Bertz CT molecular complexity index is 1080. The Morgan fingerprint density at radius 2 is 1.51 bits per heavy atom. The molecule has 7 heteroatoms. The van der Waals surface area contributed by atoms with Gasteiger partial charge in [0, 0.05) is 42.1 Å². The van der Waals surface area contributed by atoms with Crippen molar-refractivity contribution >= 4 is 29.2 Å². The van der Waals surface area contributed by atoms with Crippen molar-refractivity contribution < 1.29 is 24.0 Å². The minimum absolute atomic E-state index is 0.00448. The van der Waals surface area contributed by atoms with Gasteiger partial charge in [0.15, 0.2) is 11.6 Å². The minimum atomic E-state index is -0.810. The highest BCUT2D eigenvalue weighted by Crippen LogP contribution is 2.29. The maximum absolute atomic E-state index is 13.7. The number of hydrogen-bond donors (Lipinski definition) is 1. The van der Waals surface area contributed by atoms with E-state index in [1.54, 1.807) is 11.8 Å². The van der Waals surface area contributed by atoms with Gasteiger partial charge < -0.3 is 10.2 Å². The van der Waals surface area contributed by atoms with E-state index < -0.39 is 34.7 Å². The first kappa shape index (κ1) is 34.4. The van der Waals surface area contributed by atoms with Gasteiger partial charge in [0.05, 0.1) is 12.1 Å². The van der Waals surface area contributed by atoms with Crippen molar-refractivity contribution in [3.05, 3.63) is 35.9 Å². The van der Waals surface area contributed by atoms with Crippen molar-refractivity contribution in [3.8, 4) is 0 Å². The second-order valence-electron chi connectivity index (χ2n) is 14.3. The van der Waals surface area contributed by atoms with Crippen LogP contribution in [0.2, 0.25) is 0 Å². The summed E-state index contributed by atoms with van der Waals surface area (Å²) in [5.74, 6) is -1.61. The van der Waals surface area contributed by atoms with Crippen molar-refractivity contribution in [2.75, 3.05) is 6.54 Å². The highest BCUT2D eigenvalue weighted by atomic mass is 16.2. The van der Waals surface area contributed by atoms with Crippen LogP contribution in [0.1, 0.15) is 100.0 Å². The Morgan fingerprint density at radius 1 is 0.902 bits per heavy atom. The number of hydrogen-bond acceptors (Lipinski definition) is 5. The molecule has 0 radical (unpaired) electrons. The van der Waals surface area contributed by atoms with E-state index in [1.807, 2.05) is 85.7 Å². The first-order valence-corrected chi connectivity index (χ1v) is 15.2. The largest absolute Gasteiger partial charge is 0.346 e. The van der Waals surface area contributed by atoms with Gasteiger partial charge in [0.25, 0.3) is 0 Å². The zero-order valence-electron chi connectivity index (χ0n) is 26.7. The van der Waals surface area contributed by atoms with Gasteiger partial charge in [-0.3, -0.25) is 24.0 Å². The summed E-state index contributed by atoms with van der Waals surface area (Å²) in [7, 11) is 0. The fourth-order valence-corrected chi connectivity index (χ4v) is 5.67. The van der Waals surface area contributed by atoms with E-state index in [2.05, 4.69) is 5.32 Å². The molecule has 0 bridgehead atoms. The third kappa shape index (κ3) is 10.2. The summed E-state index contributed by atoms with van der Waals surface area (Å²) in [4.78, 5) is 68.3. The molecule has 7 nitrogen and oxygen atoms in total. The van der Waals surface area contributed by atoms with E-state index in [4.69, 9.17) is 0 Å². The van der Waals surface area contributed by atoms with Gasteiger partial charge in [-0.15, -0.1) is 0 Å².